The van der Waals surface area contributed by atoms with Crippen LogP contribution in [0.3, 0.4) is 0 Å². The van der Waals surface area contributed by atoms with E-state index in [9.17, 15) is 0 Å². The molecule has 0 atom stereocenters. The van der Waals surface area contributed by atoms with Crippen LogP contribution < -0.4 is 0 Å². The van der Waals surface area contributed by atoms with E-state index in [4.69, 9.17) is 0 Å². The molecule has 111 valence electrons. The summed E-state index contributed by atoms with van der Waals surface area (Å²) in [5.41, 5.74) is 2.79. The quantitative estimate of drug-likeness (QED) is 0.393. The number of rotatable bonds is 4. The zero-order chi connectivity index (χ0) is 14.3. The first-order chi connectivity index (χ1) is 9.28. The van der Waals surface area contributed by atoms with Crippen LogP contribution in [0.15, 0.2) is 35.5 Å². The molecule has 20 heavy (non-hydrogen) atoms. The molecule has 0 aromatic carbocycles. The number of hydrogen-bond acceptors (Lipinski definition) is 0. The van der Waals surface area contributed by atoms with Crippen molar-refractivity contribution in [3.05, 3.63) is 47.6 Å². The molecule has 0 N–H and O–H groups in total. The Morgan fingerprint density at radius 3 is 1.45 bits per heavy atom. The zero-order valence-corrected chi connectivity index (χ0v) is 18.4. The summed E-state index contributed by atoms with van der Waals surface area (Å²) in [5, 5.41) is 0. The molecule has 0 nitrogen and oxygen atoms in total. The molecular weight excluding hydrogens is 423 g/mol. The SMILES string of the molecule is CCCC1=[C-]CC=C1.CCCC1=[C-]CC=C1.C[SiH]C.[Hf]. The summed E-state index contributed by atoms with van der Waals surface area (Å²) in [6.07, 6.45) is 22.2. The molecule has 0 saturated carbocycles. The third-order valence-electron chi connectivity index (χ3n) is 2.57. The summed E-state index contributed by atoms with van der Waals surface area (Å²) in [7, 11) is 0.750. The van der Waals surface area contributed by atoms with Crippen LogP contribution in [0.4, 0.5) is 0 Å². The molecule has 0 heterocycles. The smallest absolute Gasteiger partial charge is 0.0213 e. The standard InChI is InChI=1S/2C8H11.C2H7Si.Hf/c2*1-2-5-8-6-3-4-7-8;1-3-2;/h2*3,6H,2,4-5H2,1H3;3H,1-2H3;/q2*-1;;. The van der Waals surface area contributed by atoms with Crippen LogP contribution in [0.2, 0.25) is 13.1 Å². The topological polar surface area (TPSA) is 0 Å². The molecule has 0 fully saturated rings. The molecule has 0 aromatic heterocycles. The van der Waals surface area contributed by atoms with Gasteiger partial charge in [-0.3, -0.25) is 12.2 Å². The van der Waals surface area contributed by atoms with Crippen molar-refractivity contribution in [2.45, 2.75) is 65.5 Å². The van der Waals surface area contributed by atoms with E-state index in [1.165, 1.54) is 36.8 Å². The van der Waals surface area contributed by atoms with Gasteiger partial charge in [-0.05, 0) is 0 Å². The van der Waals surface area contributed by atoms with Crippen molar-refractivity contribution < 1.29 is 25.8 Å². The van der Waals surface area contributed by atoms with E-state index in [0.717, 1.165) is 22.4 Å². The van der Waals surface area contributed by atoms with Gasteiger partial charge in [0.1, 0.15) is 0 Å². The minimum atomic E-state index is 0. The van der Waals surface area contributed by atoms with Gasteiger partial charge in [0, 0.05) is 35.4 Å². The van der Waals surface area contributed by atoms with Crippen molar-refractivity contribution in [3.8, 4) is 0 Å². The summed E-state index contributed by atoms with van der Waals surface area (Å²) in [5.74, 6) is 0. The first-order valence-electron chi connectivity index (χ1n) is 7.54. The Morgan fingerprint density at radius 1 is 0.900 bits per heavy atom. The molecular formula is C18H29HfSi-2. The van der Waals surface area contributed by atoms with Crippen LogP contribution in [-0.4, -0.2) is 9.52 Å². The van der Waals surface area contributed by atoms with E-state index >= 15 is 0 Å². The van der Waals surface area contributed by atoms with Crippen LogP contribution in [0.25, 0.3) is 0 Å². The van der Waals surface area contributed by atoms with E-state index in [2.05, 4.69) is 63.4 Å². The van der Waals surface area contributed by atoms with E-state index in [0.29, 0.717) is 0 Å². The molecule has 0 amide bonds. The zero-order valence-electron chi connectivity index (χ0n) is 13.6. The van der Waals surface area contributed by atoms with Gasteiger partial charge >= 0.3 is 0 Å². The normalized spacial score (nSPS) is 14.4. The average Bonchev–Trinajstić information content (AvgIpc) is 3.05. The maximum atomic E-state index is 3.26. The van der Waals surface area contributed by atoms with E-state index in [1.807, 2.05) is 0 Å². The number of hydrogen-bond donors (Lipinski definition) is 0. The van der Waals surface area contributed by atoms with Gasteiger partial charge in [0.25, 0.3) is 0 Å². The van der Waals surface area contributed by atoms with E-state index < -0.39 is 0 Å². The van der Waals surface area contributed by atoms with Crippen molar-refractivity contribution in [1.82, 2.24) is 0 Å². The molecule has 0 bridgehead atoms. The van der Waals surface area contributed by atoms with Crippen LogP contribution >= 0.6 is 0 Å². The van der Waals surface area contributed by atoms with Crippen LogP contribution in [-0.2, 0) is 25.8 Å². The maximum absolute atomic E-state index is 3.26. The van der Waals surface area contributed by atoms with Gasteiger partial charge in [-0.15, -0.1) is 12.8 Å². The monoisotopic (exact) mass is 453 g/mol. The fourth-order valence-corrected chi connectivity index (χ4v) is 1.78. The first-order valence-corrected chi connectivity index (χ1v) is 9.85. The van der Waals surface area contributed by atoms with Crippen molar-refractivity contribution in [1.29, 1.82) is 0 Å². The number of allylic oxidation sites excluding steroid dienone is 8. The molecule has 2 heteroatoms. The minimum Gasteiger partial charge on any atom is -0.269 e. The predicted molar refractivity (Wildman–Crippen MR) is 89.7 cm³/mol. The van der Waals surface area contributed by atoms with Gasteiger partial charge in [0.05, 0.1) is 0 Å². The Bertz CT molecular complexity index is 292. The Labute approximate surface area is 148 Å². The van der Waals surface area contributed by atoms with E-state index in [1.54, 1.807) is 0 Å². The predicted octanol–water partition coefficient (Wildman–Crippen LogP) is 5.47. The first kappa shape index (κ1) is 22.3. The van der Waals surface area contributed by atoms with Crippen LogP contribution in [0, 0.1) is 12.2 Å². The molecule has 0 aromatic rings. The van der Waals surface area contributed by atoms with Crippen molar-refractivity contribution >= 4 is 9.52 Å². The minimum absolute atomic E-state index is 0. The summed E-state index contributed by atoms with van der Waals surface area (Å²) in [6.45, 7) is 8.81. The summed E-state index contributed by atoms with van der Waals surface area (Å²) < 4.78 is 0. The van der Waals surface area contributed by atoms with E-state index in [-0.39, 0.29) is 25.8 Å². The van der Waals surface area contributed by atoms with Crippen molar-refractivity contribution in [2.24, 2.45) is 0 Å². The van der Waals surface area contributed by atoms with Crippen molar-refractivity contribution in [2.75, 3.05) is 0 Å². The molecule has 1 radical (unpaired) electrons. The summed E-state index contributed by atoms with van der Waals surface area (Å²) >= 11 is 0. The second-order valence-electron chi connectivity index (χ2n) is 4.69. The van der Waals surface area contributed by atoms with Gasteiger partial charge in [-0.25, -0.2) is 23.3 Å². The maximum Gasteiger partial charge on any atom is 0.0213 e. The van der Waals surface area contributed by atoms with Crippen molar-refractivity contribution in [3.63, 3.8) is 0 Å². The molecule has 2 aliphatic rings. The Morgan fingerprint density at radius 2 is 1.25 bits per heavy atom. The molecule has 0 saturated heterocycles. The molecule has 0 spiro atoms. The molecule has 0 unspecified atom stereocenters. The van der Waals surface area contributed by atoms with Gasteiger partial charge in [-0.2, -0.15) is 12.2 Å². The second-order valence-corrected chi connectivity index (χ2v) is 5.85. The molecule has 2 aliphatic carbocycles. The third kappa shape index (κ3) is 13.0. The van der Waals surface area contributed by atoms with Crippen LogP contribution in [0.1, 0.15) is 52.4 Å². The summed E-state index contributed by atoms with van der Waals surface area (Å²) in [4.78, 5) is 0. The van der Waals surface area contributed by atoms with Gasteiger partial charge in [-0.1, -0.05) is 52.6 Å². The summed E-state index contributed by atoms with van der Waals surface area (Å²) in [6, 6.07) is 0. The second kappa shape index (κ2) is 17.1. The molecule has 2 rings (SSSR count). The Hall–Kier alpha value is 0.0470. The van der Waals surface area contributed by atoms with Gasteiger partial charge in [0.15, 0.2) is 0 Å². The fraction of sp³-hybridized carbons (Fsp3) is 0.556. The third-order valence-corrected chi connectivity index (χ3v) is 2.57. The average molecular weight is 452 g/mol. The molecule has 0 aliphatic heterocycles. The van der Waals surface area contributed by atoms with Gasteiger partial charge < -0.3 is 0 Å². The van der Waals surface area contributed by atoms with Gasteiger partial charge in [0.2, 0.25) is 0 Å². The largest absolute Gasteiger partial charge is 0.269 e. The Balaban J connectivity index is 0. The Kier molecular flexibility index (Phi) is 19.1. The fourth-order valence-electron chi connectivity index (χ4n) is 1.78. The van der Waals surface area contributed by atoms with Crippen LogP contribution in [0.5, 0.6) is 0 Å².